The van der Waals surface area contributed by atoms with Crippen molar-refractivity contribution in [2.45, 2.75) is 20.8 Å². The smallest absolute Gasteiger partial charge is 0.260 e. The molecular formula is C19H19N3O2S. The average molecular weight is 353 g/mol. The molecule has 1 aromatic carbocycles. The van der Waals surface area contributed by atoms with Gasteiger partial charge in [0.05, 0.1) is 10.6 Å². The number of aromatic nitrogens is 1. The summed E-state index contributed by atoms with van der Waals surface area (Å²) < 4.78 is 5.79. The number of carbonyl (C=O) groups excluding carboxylic acids is 1. The molecule has 3 rings (SSSR count). The van der Waals surface area contributed by atoms with Gasteiger partial charge in [0.25, 0.3) is 5.91 Å². The fourth-order valence-corrected chi connectivity index (χ4v) is 3.02. The number of aryl methyl sites for hydroxylation is 3. The Morgan fingerprint density at radius 1 is 1.12 bits per heavy atom. The lowest BCUT2D eigenvalue weighted by Gasteiger charge is -2.08. The molecule has 0 fully saturated rings. The summed E-state index contributed by atoms with van der Waals surface area (Å²) in [5, 5.41) is 4.22. The Labute approximate surface area is 150 Å². The highest BCUT2D eigenvalue weighted by atomic mass is 32.1. The van der Waals surface area contributed by atoms with E-state index in [1.165, 1.54) is 16.9 Å². The van der Waals surface area contributed by atoms with E-state index in [2.05, 4.69) is 10.3 Å². The van der Waals surface area contributed by atoms with Crippen LogP contribution in [0.2, 0.25) is 0 Å². The molecule has 0 saturated heterocycles. The maximum Gasteiger partial charge on any atom is 0.260 e. The van der Waals surface area contributed by atoms with E-state index in [4.69, 9.17) is 10.5 Å². The van der Waals surface area contributed by atoms with Crippen molar-refractivity contribution in [3.63, 3.8) is 0 Å². The molecule has 0 radical (unpaired) electrons. The Morgan fingerprint density at radius 3 is 2.56 bits per heavy atom. The summed E-state index contributed by atoms with van der Waals surface area (Å²) in [4.78, 5) is 16.6. The van der Waals surface area contributed by atoms with Crippen LogP contribution in [-0.2, 0) is 0 Å². The molecule has 0 saturated carbocycles. The van der Waals surface area contributed by atoms with Gasteiger partial charge < -0.3 is 15.8 Å². The van der Waals surface area contributed by atoms with Gasteiger partial charge in [-0.2, -0.15) is 0 Å². The first-order chi connectivity index (χ1) is 11.9. The summed E-state index contributed by atoms with van der Waals surface area (Å²) in [5.74, 6) is 0.707. The normalized spacial score (nSPS) is 10.5. The topological polar surface area (TPSA) is 77.2 Å². The highest BCUT2D eigenvalue weighted by molar-refractivity contribution is 7.18. The molecule has 0 unspecified atom stereocenters. The van der Waals surface area contributed by atoms with E-state index >= 15 is 0 Å². The molecule has 0 aliphatic carbocycles. The zero-order valence-corrected chi connectivity index (χ0v) is 15.1. The van der Waals surface area contributed by atoms with Crippen molar-refractivity contribution in [3.05, 3.63) is 64.8 Å². The second-order valence-electron chi connectivity index (χ2n) is 5.81. The van der Waals surface area contributed by atoms with Gasteiger partial charge in [0.2, 0.25) is 0 Å². The third-order valence-electron chi connectivity index (χ3n) is 3.80. The molecule has 128 valence electrons. The molecule has 0 aliphatic rings. The number of carbonyl (C=O) groups is 1. The maximum absolute atomic E-state index is 12.4. The minimum absolute atomic E-state index is 0.230. The van der Waals surface area contributed by atoms with Crippen LogP contribution in [-0.4, -0.2) is 10.9 Å². The summed E-state index contributed by atoms with van der Waals surface area (Å²) in [6.07, 6.45) is 0. The Bertz CT molecular complexity index is 917. The van der Waals surface area contributed by atoms with Crippen LogP contribution in [0.1, 0.15) is 27.2 Å². The van der Waals surface area contributed by atoms with Crippen molar-refractivity contribution in [2.75, 3.05) is 11.1 Å². The molecule has 0 spiro atoms. The van der Waals surface area contributed by atoms with Crippen molar-refractivity contribution in [1.82, 2.24) is 4.98 Å². The summed E-state index contributed by atoms with van der Waals surface area (Å²) in [7, 11) is 0. The summed E-state index contributed by atoms with van der Waals surface area (Å²) in [6, 6.07) is 13.2. The minimum Gasteiger partial charge on any atom is -0.447 e. The van der Waals surface area contributed by atoms with Gasteiger partial charge in [-0.3, -0.25) is 4.79 Å². The molecule has 5 nitrogen and oxygen atoms in total. The van der Waals surface area contributed by atoms with Gasteiger partial charge in [-0.15, -0.1) is 0 Å². The lowest BCUT2D eigenvalue weighted by Crippen LogP contribution is -2.15. The highest BCUT2D eigenvalue weighted by Crippen LogP contribution is 2.33. The van der Waals surface area contributed by atoms with Gasteiger partial charge >= 0.3 is 0 Å². The number of thiophene rings is 1. The molecule has 0 bridgehead atoms. The molecule has 0 aliphatic heterocycles. The number of nitrogens with zero attached hydrogens (tertiary/aromatic N) is 1. The first kappa shape index (κ1) is 17.0. The fraction of sp³-hybridized carbons (Fsp3) is 0.158. The van der Waals surface area contributed by atoms with Gasteiger partial charge in [0.15, 0.2) is 5.06 Å². The SMILES string of the molecule is Cc1ccc(Oc2ccc(NC(=O)c3cc(C)c(C)nc3N)s2)cc1. The molecule has 3 aromatic rings. The van der Waals surface area contributed by atoms with Gasteiger partial charge in [0, 0.05) is 5.69 Å². The summed E-state index contributed by atoms with van der Waals surface area (Å²) >= 11 is 1.35. The second kappa shape index (κ2) is 6.94. The Kier molecular flexibility index (Phi) is 4.72. The zero-order chi connectivity index (χ0) is 18.0. The van der Waals surface area contributed by atoms with E-state index in [-0.39, 0.29) is 11.7 Å². The Morgan fingerprint density at radius 2 is 1.84 bits per heavy atom. The number of benzene rings is 1. The number of rotatable bonds is 4. The first-order valence-electron chi connectivity index (χ1n) is 7.82. The number of nitrogens with two attached hydrogens (primary N) is 1. The summed E-state index contributed by atoms with van der Waals surface area (Å²) in [5.41, 5.74) is 9.16. The van der Waals surface area contributed by atoms with Crippen LogP contribution < -0.4 is 15.8 Å². The number of nitrogen functional groups attached to an aromatic ring is 1. The zero-order valence-electron chi connectivity index (χ0n) is 14.3. The molecule has 25 heavy (non-hydrogen) atoms. The largest absolute Gasteiger partial charge is 0.447 e. The third-order valence-corrected chi connectivity index (χ3v) is 4.68. The summed E-state index contributed by atoms with van der Waals surface area (Å²) in [6.45, 7) is 5.79. The quantitative estimate of drug-likeness (QED) is 0.713. The van der Waals surface area contributed by atoms with E-state index in [0.717, 1.165) is 17.0 Å². The van der Waals surface area contributed by atoms with Crippen LogP contribution in [0.3, 0.4) is 0 Å². The van der Waals surface area contributed by atoms with Crippen LogP contribution in [0, 0.1) is 20.8 Å². The number of hydrogen-bond acceptors (Lipinski definition) is 5. The van der Waals surface area contributed by atoms with Crippen molar-refractivity contribution in [1.29, 1.82) is 0 Å². The van der Waals surface area contributed by atoms with Crippen molar-refractivity contribution >= 4 is 28.1 Å². The lowest BCUT2D eigenvalue weighted by molar-refractivity contribution is 0.102. The van der Waals surface area contributed by atoms with Crippen molar-refractivity contribution in [2.24, 2.45) is 0 Å². The minimum atomic E-state index is -0.281. The number of anilines is 2. The van der Waals surface area contributed by atoms with Crippen LogP contribution in [0.15, 0.2) is 42.5 Å². The van der Waals surface area contributed by atoms with Crippen LogP contribution in [0.4, 0.5) is 10.8 Å². The van der Waals surface area contributed by atoms with Gasteiger partial charge in [-0.25, -0.2) is 4.98 Å². The number of hydrogen-bond donors (Lipinski definition) is 2. The Balaban J connectivity index is 1.71. The predicted molar refractivity (Wildman–Crippen MR) is 102 cm³/mol. The molecule has 0 atom stereocenters. The monoisotopic (exact) mass is 353 g/mol. The molecule has 2 aromatic heterocycles. The number of nitrogens with one attached hydrogen (secondary N) is 1. The molecule has 6 heteroatoms. The maximum atomic E-state index is 12.4. The number of amides is 1. The van der Waals surface area contributed by atoms with E-state index in [0.29, 0.717) is 15.6 Å². The number of ether oxygens (including phenoxy) is 1. The van der Waals surface area contributed by atoms with E-state index in [9.17, 15) is 4.79 Å². The van der Waals surface area contributed by atoms with E-state index in [1.54, 1.807) is 12.1 Å². The highest BCUT2D eigenvalue weighted by Gasteiger charge is 2.14. The average Bonchev–Trinajstić information content (AvgIpc) is 3.00. The van der Waals surface area contributed by atoms with E-state index < -0.39 is 0 Å². The molecule has 1 amide bonds. The van der Waals surface area contributed by atoms with Crippen LogP contribution in [0.5, 0.6) is 10.8 Å². The van der Waals surface area contributed by atoms with Gasteiger partial charge in [0.1, 0.15) is 11.6 Å². The first-order valence-corrected chi connectivity index (χ1v) is 8.63. The fourth-order valence-electron chi connectivity index (χ4n) is 2.25. The van der Waals surface area contributed by atoms with Crippen LogP contribution >= 0.6 is 11.3 Å². The predicted octanol–water partition coefficient (Wildman–Crippen LogP) is 4.70. The molecule has 2 heterocycles. The van der Waals surface area contributed by atoms with Crippen molar-refractivity contribution in [3.8, 4) is 10.8 Å². The lowest BCUT2D eigenvalue weighted by atomic mass is 10.1. The van der Waals surface area contributed by atoms with Gasteiger partial charge in [-0.1, -0.05) is 29.0 Å². The molecule has 3 N–H and O–H groups in total. The standard InChI is InChI=1S/C19H19N3O2S/c1-11-4-6-14(7-5-11)24-17-9-8-16(25-17)22-19(23)15-10-12(2)13(3)21-18(15)20/h4-10H,1-3H3,(H2,20,21)(H,22,23). The second-order valence-corrected chi connectivity index (χ2v) is 6.86. The Hall–Kier alpha value is -2.86. The van der Waals surface area contributed by atoms with Crippen molar-refractivity contribution < 1.29 is 9.53 Å². The molecular weight excluding hydrogens is 334 g/mol. The van der Waals surface area contributed by atoms with Crippen LogP contribution in [0.25, 0.3) is 0 Å². The number of pyridine rings is 1. The third kappa shape index (κ3) is 3.97. The van der Waals surface area contributed by atoms with Gasteiger partial charge in [-0.05, 0) is 56.7 Å². The van der Waals surface area contributed by atoms with E-state index in [1.807, 2.05) is 51.1 Å².